The predicted octanol–water partition coefficient (Wildman–Crippen LogP) is 4.21. The van der Waals surface area contributed by atoms with Gasteiger partial charge in [-0.1, -0.05) is 36.8 Å². The molecule has 4 heteroatoms. The lowest BCUT2D eigenvalue weighted by Gasteiger charge is -1.98. The Hall–Kier alpha value is -1.81. The highest BCUT2D eigenvalue weighted by Gasteiger charge is 2.06. The fourth-order valence-corrected chi connectivity index (χ4v) is 2.73. The van der Waals surface area contributed by atoms with Gasteiger partial charge < -0.3 is 0 Å². The lowest BCUT2D eigenvalue weighted by Crippen LogP contribution is -1.91. The van der Waals surface area contributed by atoms with E-state index in [2.05, 4.69) is 48.2 Å². The molecule has 0 fully saturated rings. The standard InChI is InChI=1S/C16H17N3S/c1-3-10-20-16-9-8-15-17-14(11-19(15)18-16)13-6-4-12(2)5-7-13/h4-9,11H,3,10H2,1-2H3. The summed E-state index contributed by atoms with van der Waals surface area (Å²) in [7, 11) is 0. The lowest BCUT2D eigenvalue weighted by molar-refractivity contribution is 0.858. The summed E-state index contributed by atoms with van der Waals surface area (Å²) in [6, 6.07) is 12.5. The van der Waals surface area contributed by atoms with Crippen LogP contribution in [-0.4, -0.2) is 20.4 Å². The Bertz CT molecular complexity index is 716. The normalized spacial score (nSPS) is 11.1. The van der Waals surface area contributed by atoms with Crippen LogP contribution < -0.4 is 0 Å². The van der Waals surface area contributed by atoms with Crippen LogP contribution in [0.5, 0.6) is 0 Å². The number of rotatable bonds is 4. The molecule has 3 rings (SSSR count). The van der Waals surface area contributed by atoms with Crippen molar-refractivity contribution in [3.05, 3.63) is 48.2 Å². The molecule has 0 aliphatic carbocycles. The van der Waals surface area contributed by atoms with E-state index in [1.807, 2.05) is 22.8 Å². The zero-order valence-corrected chi connectivity index (χ0v) is 12.5. The zero-order chi connectivity index (χ0) is 13.9. The average Bonchev–Trinajstić information content (AvgIpc) is 2.89. The third kappa shape index (κ3) is 2.70. The Kier molecular flexibility index (Phi) is 3.74. The second-order valence-corrected chi connectivity index (χ2v) is 5.93. The van der Waals surface area contributed by atoms with E-state index in [1.54, 1.807) is 11.8 Å². The molecular weight excluding hydrogens is 266 g/mol. The van der Waals surface area contributed by atoms with Crippen molar-refractivity contribution in [2.75, 3.05) is 5.75 Å². The van der Waals surface area contributed by atoms with Gasteiger partial charge in [0.2, 0.25) is 0 Å². The van der Waals surface area contributed by atoms with Crippen LogP contribution in [0.3, 0.4) is 0 Å². The molecule has 0 N–H and O–H groups in total. The SMILES string of the molecule is CCCSc1ccc2nc(-c3ccc(C)cc3)cn2n1. The van der Waals surface area contributed by atoms with Crippen LogP contribution >= 0.6 is 11.8 Å². The number of fused-ring (bicyclic) bond motifs is 1. The number of thioether (sulfide) groups is 1. The molecule has 0 amide bonds. The Labute approximate surface area is 123 Å². The Balaban J connectivity index is 1.95. The fraction of sp³-hybridized carbons (Fsp3) is 0.250. The Morgan fingerprint density at radius 2 is 1.90 bits per heavy atom. The topological polar surface area (TPSA) is 30.2 Å². The summed E-state index contributed by atoms with van der Waals surface area (Å²) in [5.74, 6) is 1.10. The molecule has 2 aromatic heterocycles. The van der Waals surface area contributed by atoms with E-state index >= 15 is 0 Å². The van der Waals surface area contributed by atoms with E-state index < -0.39 is 0 Å². The van der Waals surface area contributed by atoms with Gasteiger partial charge in [-0.15, -0.1) is 11.8 Å². The van der Waals surface area contributed by atoms with E-state index in [-0.39, 0.29) is 0 Å². The summed E-state index contributed by atoms with van der Waals surface area (Å²) in [6.45, 7) is 4.27. The van der Waals surface area contributed by atoms with Crippen LogP contribution in [0.15, 0.2) is 47.6 Å². The summed E-state index contributed by atoms with van der Waals surface area (Å²) in [5, 5.41) is 5.64. The predicted molar refractivity (Wildman–Crippen MR) is 84.2 cm³/mol. The van der Waals surface area contributed by atoms with Gasteiger partial charge in [0, 0.05) is 5.56 Å². The molecule has 3 aromatic rings. The number of aromatic nitrogens is 3. The largest absolute Gasteiger partial charge is 0.227 e. The van der Waals surface area contributed by atoms with Crippen molar-refractivity contribution in [2.24, 2.45) is 0 Å². The molecule has 20 heavy (non-hydrogen) atoms. The first-order chi connectivity index (χ1) is 9.76. The first-order valence-electron chi connectivity index (χ1n) is 6.82. The highest BCUT2D eigenvalue weighted by molar-refractivity contribution is 7.99. The van der Waals surface area contributed by atoms with E-state index in [4.69, 9.17) is 0 Å². The lowest BCUT2D eigenvalue weighted by atomic mass is 10.1. The highest BCUT2D eigenvalue weighted by Crippen LogP contribution is 2.21. The van der Waals surface area contributed by atoms with Gasteiger partial charge in [0.25, 0.3) is 0 Å². The smallest absolute Gasteiger partial charge is 0.154 e. The molecule has 0 radical (unpaired) electrons. The quantitative estimate of drug-likeness (QED) is 0.672. The molecule has 0 spiro atoms. The fourth-order valence-electron chi connectivity index (χ4n) is 2.01. The van der Waals surface area contributed by atoms with Crippen molar-refractivity contribution in [3.63, 3.8) is 0 Å². The second kappa shape index (κ2) is 5.67. The molecule has 0 bridgehead atoms. The maximum Gasteiger partial charge on any atom is 0.154 e. The number of benzene rings is 1. The molecule has 0 aliphatic heterocycles. The van der Waals surface area contributed by atoms with Gasteiger partial charge in [0.15, 0.2) is 5.65 Å². The van der Waals surface area contributed by atoms with Crippen molar-refractivity contribution in [1.29, 1.82) is 0 Å². The monoisotopic (exact) mass is 283 g/mol. The minimum absolute atomic E-state index is 0.890. The second-order valence-electron chi connectivity index (χ2n) is 4.81. The van der Waals surface area contributed by atoms with E-state index in [1.165, 1.54) is 5.56 Å². The summed E-state index contributed by atoms with van der Waals surface area (Å²) >= 11 is 1.78. The minimum Gasteiger partial charge on any atom is -0.227 e. The van der Waals surface area contributed by atoms with Crippen LogP contribution in [0.1, 0.15) is 18.9 Å². The molecule has 0 saturated heterocycles. The van der Waals surface area contributed by atoms with E-state index in [0.29, 0.717) is 0 Å². The van der Waals surface area contributed by atoms with Gasteiger partial charge in [0.05, 0.1) is 11.9 Å². The number of imidazole rings is 1. The minimum atomic E-state index is 0.890. The highest BCUT2D eigenvalue weighted by atomic mass is 32.2. The zero-order valence-electron chi connectivity index (χ0n) is 11.7. The van der Waals surface area contributed by atoms with Gasteiger partial charge in [-0.2, -0.15) is 5.10 Å². The average molecular weight is 283 g/mol. The molecular formula is C16H17N3S. The van der Waals surface area contributed by atoms with Gasteiger partial charge in [-0.05, 0) is 31.2 Å². The number of hydrogen-bond donors (Lipinski definition) is 0. The van der Waals surface area contributed by atoms with Gasteiger partial charge in [0.1, 0.15) is 5.03 Å². The molecule has 3 nitrogen and oxygen atoms in total. The molecule has 1 aromatic carbocycles. The third-order valence-corrected chi connectivity index (χ3v) is 4.22. The first kappa shape index (κ1) is 13.2. The van der Waals surface area contributed by atoms with Crippen molar-refractivity contribution >= 4 is 17.4 Å². The molecule has 0 saturated carbocycles. The van der Waals surface area contributed by atoms with Gasteiger partial charge in [-0.3, -0.25) is 0 Å². The van der Waals surface area contributed by atoms with Crippen molar-refractivity contribution in [2.45, 2.75) is 25.3 Å². The van der Waals surface area contributed by atoms with Crippen LogP contribution in [0.4, 0.5) is 0 Å². The number of hydrogen-bond acceptors (Lipinski definition) is 3. The maximum absolute atomic E-state index is 4.63. The summed E-state index contributed by atoms with van der Waals surface area (Å²) in [6.07, 6.45) is 3.15. The third-order valence-electron chi connectivity index (χ3n) is 3.10. The van der Waals surface area contributed by atoms with E-state index in [9.17, 15) is 0 Å². The summed E-state index contributed by atoms with van der Waals surface area (Å²) in [4.78, 5) is 4.63. The molecule has 2 heterocycles. The molecule has 102 valence electrons. The van der Waals surface area contributed by atoms with Crippen LogP contribution in [0, 0.1) is 6.92 Å². The van der Waals surface area contributed by atoms with Gasteiger partial charge in [-0.25, -0.2) is 9.50 Å². The number of nitrogens with zero attached hydrogens (tertiary/aromatic N) is 3. The van der Waals surface area contributed by atoms with Crippen molar-refractivity contribution < 1.29 is 0 Å². The Morgan fingerprint density at radius 3 is 2.65 bits per heavy atom. The summed E-state index contributed by atoms with van der Waals surface area (Å²) in [5.41, 5.74) is 4.24. The molecule has 0 aliphatic rings. The van der Waals surface area contributed by atoms with Gasteiger partial charge >= 0.3 is 0 Å². The molecule has 0 unspecified atom stereocenters. The van der Waals surface area contributed by atoms with Crippen LogP contribution in [0.25, 0.3) is 16.9 Å². The van der Waals surface area contributed by atoms with Crippen molar-refractivity contribution in [3.8, 4) is 11.3 Å². The molecule has 0 atom stereocenters. The number of aryl methyl sites for hydroxylation is 1. The van der Waals surface area contributed by atoms with Crippen LogP contribution in [0.2, 0.25) is 0 Å². The van der Waals surface area contributed by atoms with Crippen LogP contribution in [-0.2, 0) is 0 Å². The first-order valence-corrected chi connectivity index (χ1v) is 7.81. The Morgan fingerprint density at radius 1 is 1.10 bits per heavy atom. The summed E-state index contributed by atoms with van der Waals surface area (Å²) < 4.78 is 1.87. The van der Waals surface area contributed by atoms with E-state index in [0.717, 1.165) is 34.1 Å². The van der Waals surface area contributed by atoms with Crippen molar-refractivity contribution in [1.82, 2.24) is 14.6 Å². The maximum atomic E-state index is 4.63.